The number of nitrogens with zero attached hydrogens (tertiary/aromatic N) is 4. The van der Waals surface area contributed by atoms with Crippen LogP contribution in [0.2, 0.25) is 0 Å². The lowest BCUT2D eigenvalue weighted by atomic mass is 10.2. The third-order valence-electron chi connectivity index (χ3n) is 3.43. The summed E-state index contributed by atoms with van der Waals surface area (Å²) in [6.45, 7) is 2.04. The monoisotopic (exact) mass is 272 g/mol. The van der Waals surface area contributed by atoms with Crippen molar-refractivity contribution in [2.45, 2.75) is 13.0 Å². The van der Waals surface area contributed by atoms with Gasteiger partial charge < -0.3 is 10.0 Å². The highest BCUT2D eigenvalue weighted by atomic mass is 16.3. The maximum Gasteiger partial charge on any atom is 0.255 e. The van der Waals surface area contributed by atoms with E-state index in [1.807, 2.05) is 17.0 Å². The molecule has 104 valence electrons. The molecule has 0 atom stereocenters. The van der Waals surface area contributed by atoms with Gasteiger partial charge in [0.2, 0.25) is 5.95 Å². The van der Waals surface area contributed by atoms with E-state index in [1.54, 1.807) is 23.0 Å². The van der Waals surface area contributed by atoms with Crippen molar-refractivity contribution < 1.29 is 5.11 Å². The smallest absolute Gasteiger partial charge is 0.255 e. The molecule has 3 rings (SSSR count). The minimum atomic E-state index is -0.0514. The van der Waals surface area contributed by atoms with Gasteiger partial charge in [-0.15, -0.1) is 0 Å². The lowest BCUT2D eigenvalue weighted by Crippen LogP contribution is -2.40. The summed E-state index contributed by atoms with van der Waals surface area (Å²) < 4.78 is 1.67. The highest BCUT2D eigenvalue weighted by molar-refractivity contribution is 5.59. The molecule has 1 N–H and O–H groups in total. The number of anilines is 1. The van der Waals surface area contributed by atoms with Crippen molar-refractivity contribution in [1.82, 2.24) is 14.5 Å². The number of rotatable bonds is 3. The first kappa shape index (κ1) is 12.8. The molecule has 1 aliphatic rings. The van der Waals surface area contributed by atoms with Crippen LogP contribution in [0.3, 0.4) is 0 Å². The zero-order valence-electron chi connectivity index (χ0n) is 11.1. The Kier molecular flexibility index (Phi) is 3.47. The lowest BCUT2D eigenvalue weighted by Gasteiger charge is -2.30. The molecule has 6 nitrogen and oxygen atoms in total. The van der Waals surface area contributed by atoms with Crippen LogP contribution in [0.25, 0.3) is 11.3 Å². The van der Waals surface area contributed by atoms with Gasteiger partial charge in [0.05, 0.1) is 12.3 Å². The molecule has 2 aromatic heterocycles. The standard InChI is InChI=1S/C14H16N4O2/c19-9-8-17-6-1-7-18-13(20)10-12(16-14(17)18)11-2-4-15-5-3-11/h2-5,10,19H,1,6-9H2. The number of fused-ring (bicyclic) bond motifs is 1. The van der Waals surface area contributed by atoms with Crippen molar-refractivity contribution >= 4 is 5.95 Å². The minimum absolute atomic E-state index is 0.0509. The summed E-state index contributed by atoms with van der Waals surface area (Å²) in [4.78, 5) is 22.7. The molecule has 0 fully saturated rings. The third kappa shape index (κ3) is 2.30. The predicted octanol–water partition coefficient (Wildman–Crippen LogP) is 0.508. The Bertz CT molecular complexity index is 654. The first-order valence-corrected chi connectivity index (χ1v) is 6.67. The van der Waals surface area contributed by atoms with E-state index in [-0.39, 0.29) is 12.2 Å². The van der Waals surface area contributed by atoms with E-state index in [4.69, 9.17) is 5.11 Å². The van der Waals surface area contributed by atoms with E-state index in [1.165, 1.54) is 0 Å². The Morgan fingerprint density at radius 3 is 2.80 bits per heavy atom. The van der Waals surface area contributed by atoms with Crippen molar-refractivity contribution in [3.8, 4) is 11.3 Å². The fraction of sp³-hybridized carbons (Fsp3) is 0.357. The van der Waals surface area contributed by atoms with E-state index >= 15 is 0 Å². The molecule has 0 bridgehead atoms. The number of aliphatic hydroxyl groups is 1. The summed E-state index contributed by atoms with van der Waals surface area (Å²) in [7, 11) is 0. The fourth-order valence-corrected chi connectivity index (χ4v) is 2.47. The predicted molar refractivity (Wildman–Crippen MR) is 75.6 cm³/mol. The first-order valence-electron chi connectivity index (χ1n) is 6.67. The normalized spacial score (nSPS) is 14.2. The number of pyridine rings is 1. The molecular formula is C14H16N4O2. The van der Waals surface area contributed by atoms with Gasteiger partial charge in [-0.2, -0.15) is 0 Å². The largest absolute Gasteiger partial charge is 0.395 e. The van der Waals surface area contributed by atoms with E-state index in [2.05, 4.69) is 9.97 Å². The van der Waals surface area contributed by atoms with E-state index in [0.29, 0.717) is 24.7 Å². The Morgan fingerprint density at radius 1 is 1.25 bits per heavy atom. The van der Waals surface area contributed by atoms with Gasteiger partial charge in [0.25, 0.3) is 5.56 Å². The van der Waals surface area contributed by atoms with Gasteiger partial charge in [-0.25, -0.2) is 4.98 Å². The average molecular weight is 272 g/mol. The molecule has 0 aromatic carbocycles. The fourth-order valence-electron chi connectivity index (χ4n) is 2.47. The molecule has 3 heterocycles. The Labute approximate surface area is 116 Å². The summed E-state index contributed by atoms with van der Waals surface area (Å²) in [5.74, 6) is 0.643. The van der Waals surface area contributed by atoms with Gasteiger partial charge in [0, 0.05) is 43.7 Å². The molecule has 0 unspecified atom stereocenters. The van der Waals surface area contributed by atoms with Gasteiger partial charge in [-0.3, -0.25) is 14.3 Å². The summed E-state index contributed by atoms with van der Waals surface area (Å²) in [6, 6.07) is 5.22. The maximum atomic E-state index is 12.2. The second-order valence-corrected chi connectivity index (χ2v) is 4.73. The molecule has 0 spiro atoms. The Morgan fingerprint density at radius 2 is 2.05 bits per heavy atom. The highest BCUT2D eigenvalue weighted by Gasteiger charge is 2.20. The Balaban J connectivity index is 2.10. The van der Waals surface area contributed by atoms with Crippen LogP contribution in [0.5, 0.6) is 0 Å². The van der Waals surface area contributed by atoms with Gasteiger partial charge in [0.1, 0.15) is 0 Å². The molecule has 0 saturated heterocycles. The maximum absolute atomic E-state index is 12.2. The quantitative estimate of drug-likeness (QED) is 0.881. The van der Waals surface area contributed by atoms with Crippen LogP contribution >= 0.6 is 0 Å². The zero-order valence-corrected chi connectivity index (χ0v) is 11.1. The van der Waals surface area contributed by atoms with Gasteiger partial charge in [-0.1, -0.05) is 0 Å². The number of aromatic nitrogens is 3. The van der Waals surface area contributed by atoms with Crippen LogP contribution in [0, 0.1) is 0 Å². The average Bonchev–Trinajstić information content (AvgIpc) is 2.49. The van der Waals surface area contributed by atoms with Crippen molar-refractivity contribution in [2.24, 2.45) is 0 Å². The van der Waals surface area contributed by atoms with E-state index in [0.717, 1.165) is 18.5 Å². The second kappa shape index (κ2) is 5.42. The second-order valence-electron chi connectivity index (χ2n) is 4.73. The summed E-state index contributed by atoms with van der Waals surface area (Å²) >= 11 is 0. The summed E-state index contributed by atoms with van der Waals surface area (Å²) in [5, 5.41) is 9.13. The molecule has 0 amide bonds. The molecular weight excluding hydrogens is 256 g/mol. The highest BCUT2D eigenvalue weighted by Crippen LogP contribution is 2.21. The topological polar surface area (TPSA) is 71.2 Å². The third-order valence-corrected chi connectivity index (χ3v) is 3.43. The molecule has 0 radical (unpaired) electrons. The van der Waals surface area contributed by atoms with Crippen LogP contribution in [-0.2, 0) is 6.54 Å². The SMILES string of the molecule is O=c1cc(-c2ccncc2)nc2n1CCCN2CCO. The van der Waals surface area contributed by atoms with Crippen molar-refractivity contribution in [3.63, 3.8) is 0 Å². The molecule has 0 aliphatic carbocycles. The zero-order chi connectivity index (χ0) is 13.9. The van der Waals surface area contributed by atoms with Crippen molar-refractivity contribution in [3.05, 3.63) is 40.9 Å². The van der Waals surface area contributed by atoms with E-state index < -0.39 is 0 Å². The lowest BCUT2D eigenvalue weighted by molar-refractivity contribution is 0.298. The molecule has 0 saturated carbocycles. The summed E-state index contributed by atoms with van der Waals surface area (Å²) in [6.07, 6.45) is 4.25. The number of hydrogen-bond acceptors (Lipinski definition) is 5. The van der Waals surface area contributed by atoms with Crippen molar-refractivity contribution in [2.75, 3.05) is 24.6 Å². The van der Waals surface area contributed by atoms with Crippen LogP contribution in [0.4, 0.5) is 5.95 Å². The van der Waals surface area contributed by atoms with Gasteiger partial charge in [0.15, 0.2) is 0 Å². The Hall–Kier alpha value is -2.21. The van der Waals surface area contributed by atoms with Crippen LogP contribution in [0.15, 0.2) is 35.4 Å². The molecule has 6 heteroatoms. The minimum Gasteiger partial charge on any atom is -0.395 e. The van der Waals surface area contributed by atoms with Crippen LogP contribution in [-0.4, -0.2) is 39.3 Å². The number of hydrogen-bond donors (Lipinski definition) is 1. The number of aliphatic hydroxyl groups excluding tert-OH is 1. The van der Waals surface area contributed by atoms with E-state index in [9.17, 15) is 4.79 Å². The van der Waals surface area contributed by atoms with Crippen LogP contribution in [0.1, 0.15) is 6.42 Å². The van der Waals surface area contributed by atoms with Gasteiger partial charge >= 0.3 is 0 Å². The molecule has 2 aromatic rings. The molecule has 20 heavy (non-hydrogen) atoms. The van der Waals surface area contributed by atoms with Gasteiger partial charge in [-0.05, 0) is 18.6 Å². The first-order chi connectivity index (χ1) is 9.79. The summed E-state index contributed by atoms with van der Waals surface area (Å²) in [5.41, 5.74) is 1.47. The molecule has 1 aliphatic heterocycles. The number of β-amino-alcohol motifs (C(OH)–C–C–N with tert-alkyl or cyclic N) is 1. The van der Waals surface area contributed by atoms with Crippen LogP contribution < -0.4 is 10.5 Å². The van der Waals surface area contributed by atoms with Crippen molar-refractivity contribution in [1.29, 1.82) is 0 Å².